The van der Waals surface area contributed by atoms with Crippen molar-refractivity contribution in [3.05, 3.63) is 29.3 Å². The second-order valence-corrected chi connectivity index (χ2v) is 5.19. The smallest absolute Gasteiger partial charge is 0.119 e. The van der Waals surface area contributed by atoms with Gasteiger partial charge < -0.3 is 10.5 Å². The molecule has 16 heavy (non-hydrogen) atoms. The third-order valence-corrected chi connectivity index (χ3v) is 3.61. The number of nitrogens with two attached hydrogens (primary N) is 1. The average molecular weight is 237 g/mol. The summed E-state index contributed by atoms with van der Waals surface area (Å²) in [6, 6.07) is 6.56. The minimum Gasteiger partial charge on any atom is -0.493 e. The van der Waals surface area contributed by atoms with Crippen molar-refractivity contribution in [2.75, 3.05) is 18.6 Å². The Morgan fingerprint density at radius 3 is 3.19 bits per heavy atom. The predicted octanol–water partition coefficient (Wildman–Crippen LogP) is 2.76. The molecule has 1 aliphatic carbocycles. The monoisotopic (exact) mass is 237 g/mol. The van der Waals surface area contributed by atoms with Gasteiger partial charge in [-0.25, -0.2) is 0 Å². The number of hydrogen-bond acceptors (Lipinski definition) is 3. The number of thioether (sulfide) groups is 1. The number of hydrogen-bond donors (Lipinski definition) is 1. The van der Waals surface area contributed by atoms with E-state index in [0.717, 1.165) is 31.0 Å². The minimum atomic E-state index is 0.202. The van der Waals surface area contributed by atoms with Crippen molar-refractivity contribution in [2.45, 2.75) is 25.3 Å². The molecule has 88 valence electrons. The van der Waals surface area contributed by atoms with Crippen LogP contribution in [-0.2, 0) is 6.42 Å². The molecule has 2 nitrogen and oxygen atoms in total. The first kappa shape index (κ1) is 11.8. The highest BCUT2D eigenvalue weighted by Crippen LogP contribution is 2.30. The molecule has 3 heteroatoms. The van der Waals surface area contributed by atoms with Crippen LogP contribution in [0.3, 0.4) is 0 Å². The number of ether oxygens (including phenoxy) is 1. The quantitative estimate of drug-likeness (QED) is 0.818. The molecule has 0 saturated heterocycles. The Morgan fingerprint density at radius 2 is 2.38 bits per heavy atom. The lowest BCUT2D eigenvalue weighted by Crippen LogP contribution is -2.17. The fourth-order valence-electron chi connectivity index (χ4n) is 2.15. The van der Waals surface area contributed by atoms with Crippen molar-refractivity contribution in [3.63, 3.8) is 0 Å². The van der Waals surface area contributed by atoms with Crippen molar-refractivity contribution in [3.8, 4) is 5.75 Å². The van der Waals surface area contributed by atoms with Crippen LogP contribution in [0.25, 0.3) is 0 Å². The third kappa shape index (κ3) is 2.71. The number of aryl methyl sites for hydroxylation is 1. The lowest BCUT2D eigenvalue weighted by molar-refractivity contribution is 0.343. The first-order chi connectivity index (χ1) is 7.81. The Hall–Kier alpha value is -0.670. The van der Waals surface area contributed by atoms with Gasteiger partial charge in [0.15, 0.2) is 0 Å². The Kier molecular flexibility index (Phi) is 4.13. The molecule has 1 aliphatic rings. The molecule has 0 saturated carbocycles. The van der Waals surface area contributed by atoms with Crippen molar-refractivity contribution in [1.29, 1.82) is 0 Å². The highest BCUT2D eigenvalue weighted by molar-refractivity contribution is 7.98. The molecule has 0 heterocycles. The summed E-state index contributed by atoms with van der Waals surface area (Å²) < 4.78 is 5.68. The van der Waals surface area contributed by atoms with Gasteiger partial charge in [-0.15, -0.1) is 0 Å². The van der Waals surface area contributed by atoms with Gasteiger partial charge in [0.05, 0.1) is 6.61 Å². The third-order valence-electron chi connectivity index (χ3n) is 3.03. The van der Waals surface area contributed by atoms with E-state index >= 15 is 0 Å². The van der Waals surface area contributed by atoms with E-state index in [-0.39, 0.29) is 6.04 Å². The van der Waals surface area contributed by atoms with Crippen LogP contribution in [0.4, 0.5) is 0 Å². The van der Waals surface area contributed by atoms with E-state index in [2.05, 4.69) is 24.5 Å². The van der Waals surface area contributed by atoms with Crippen LogP contribution in [0, 0.1) is 0 Å². The summed E-state index contributed by atoms with van der Waals surface area (Å²) in [5.41, 5.74) is 8.79. The molecule has 1 atom stereocenters. The largest absolute Gasteiger partial charge is 0.493 e. The average Bonchev–Trinajstić information content (AvgIpc) is 2.30. The highest BCUT2D eigenvalue weighted by Gasteiger charge is 2.16. The SMILES string of the molecule is CSCCOc1ccc2c(c1)[C@H](N)CCC2. The molecular formula is C13H19NOS. The summed E-state index contributed by atoms with van der Waals surface area (Å²) in [4.78, 5) is 0. The first-order valence-electron chi connectivity index (χ1n) is 5.81. The van der Waals surface area contributed by atoms with Crippen LogP contribution in [0.1, 0.15) is 30.0 Å². The number of rotatable bonds is 4. The molecule has 0 aliphatic heterocycles. The first-order valence-corrected chi connectivity index (χ1v) is 7.21. The van der Waals surface area contributed by atoms with Crippen LogP contribution < -0.4 is 10.5 Å². The number of fused-ring (bicyclic) bond motifs is 1. The van der Waals surface area contributed by atoms with Crippen molar-refractivity contribution in [1.82, 2.24) is 0 Å². The van der Waals surface area contributed by atoms with Crippen molar-refractivity contribution in [2.24, 2.45) is 5.73 Å². The van der Waals surface area contributed by atoms with E-state index in [9.17, 15) is 0 Å². The van der Waals surface area contributed by atoms with Crippen LogP contribution in [0.2, 0.25) is 0 Å². The zero-order valence-electron chi connectivity index (χ0n) is 9.74. The molecule has 0 aromatic heterocycles. The van der Waals surface area contributed by atoms with Gasteiger partial charge in [-0.3, -0.25) is 0 Å². The maximum atomic E-state index is 6.11. The maximum Gasteiger partial charge on any atom is 0.119 e. The summed E-state index contributed by atoms with van der Waals surface area (Å²) in [7, 11) is 0. The highest BCUT2D eigenvalue weighted by atomic mass is 32.2. The van der Waals surface area contributed by atoms with Gasteiger partial charge in [0, 0.05) is 11.8 Å². The summed E-state index contributed by atoms with van der Waals surface area (Å²) in [5.74, 6) is 1.99. The second-order valence-electron chi connectivity index (χ2n) is 4.20. The lowest BCUT2D eigenvalue weighted by Gasteiger charge is -2.22. The van der Waals surface area contributed by atoms with E-state index in [4.69, 9.17) is 10.5 Å². The van der Waals surface area contributed by atoms with Gasteiger partial charge in [0.2, 0.25) is 0 Å². The van der Waals surface area contributed by atoms with E-state index < -0.39 is 0 Å². The predicted molar refractivity (Wildman–Crippen MR) is 70.2 cm³/mol. The molecule has 0 radical (unpaired) electrons. The molecule has 0 amide bonds. The van der Waals surface area contributed by atoms with E-state index in [1.54, 1.807) is 11.8 Å². The molecule has 2 rings (SSSR count). The fourth-order valence-corrected chi connectivity index (χ4v) is 2.40. The Bertz CT molecular complexity index is 354. The van der Waals surface area contributed by atoms with E-state index in [1.165, 1.54) is 17.5 Å². The Balaban J connectivity index is 2.08. The summed E-state index contributed by atoms with van der Waals surface area (Å²) in [6.07, 6.45) is 5.56. The molecule has 0 bridgehead atoms. The van der Waals surface area contributed by atoms with Gasteiger partial charge in [0.25, 0.3) is 0 Å². The van der Waals surface area contributed by atoms with E-state index in [1.807, 2.05) is 0 Å². The molecular weight excluding hydrogens is 218 g/mol. The van der Waals surface area contributed by atoms with Crippen molar-refractivity contribution >= 4 is 11.8 Å². The molecule has 2 N–H and O–H groups in total. The summed E-state index contributed by atoms with van der Waals surface area (Å²) in [5, 5.41) is 0. The zero-order chi connectivity index (χ0) is 11.4. The Labute approximate surface area is 102 Å². The lowest BCUT2D eigenvalue weighted by atomic mass is 9.88. The normalized spacial score (nSPS) is 19.2. The second kappa shape index (κ2) is 5.60. The van der Waals surface area contributed by atoms with Crippen molar-refractivity contribution < 1.29 is 4.74 Å². The van der Waals surface area contributed by atoms with Gasteiger partial charge >= 0.3 is 0 Å². The maximum absolute atomic E-state index is 6.11. The summed E-state index contributed by atoms with van der Waals surface area (Å²) >= 11 is 1.80. The summed E-state index contributed by atoms with van der Waals surface area (Å²) in [6.45, 7) is 0.773. The van der Waals surface area contributed by atoms with Gasteiger partial charge in [-0.05, 0) is 48.8 Å². The molecule has 0 fully saturated rings. The van der Waals surface area contributed by atoms with Crippen LogP contribution in [0.15, 0.2) is 18.2 Å². The van der Waals surface area contributed by atoms with Gasteiger partial charge in [-0.1, -0.05) is 6.07 Å². The molecule has 0 spiro atoms. The van der Waals surface area contributed by atoms with Gasteiger partial charge in [-0.2, -0.15) is 11.8 Å². The minimum absolute atomic E-state index is 0.202. The zero-order valence-corrected chi connectivity index (χ0v) is 10.6. The molecule has 1 aromatic carbocycles. The van der Waals surface area contributed by atoms with E-state index in [0.29, 0.717) is 0 Å². The standard InChI is InChI=1S/C13H19NOS/c1-16-8-7-15-11-6-5-10-3-2-4-13(14)12(10)9-11/h5-6,9,13H,2-4,7-8,14H2,1H3/t13-/m1/s1. The fraction of sp³-hybridized carbons (Fsp3) is 0.538. The topological polar surface area (TPSA) is 35.2 Å². The Morgan fingerprint density at radius 1 is 1.50 bits per heavy atom. The molecule has 1 aromatic rings. The van der Waals surface area contributed by atoms with Crippen LogP contribution in [0.5, 0.6) is 5.75 Å². The molecule has 0 unspecified atom stereocenters. The van der Waals surface area contributed by atoms with Crippen LogP contribution in [-0.4, -0.2) is 18.6 Å². The van der Waals surface area contributed by atoms with Crippen LogP contribution >= 0.6 is 11.8 Å². The van der Waals surface area contributed by atoms with Gasteiger partial charge in [0.1, 0.15) is 5.75 Å². The number of benzene rings is 1.